The highest BCUT2D eigenvalue weighted by molar-refractivity contribution is 7.98. The van der Waals surface area contributed by atoms with E-state index in [9.17, 15) is 4.79 Å². The maximum absolute atomic E-state index is 14.1. The molecule has 32 heavy (non-hydrogen) atoms. The van der Waals surface area contributed by atoms with Crippen LogP contribution in [-0.4, -0.2) is 9.55 Å². The van der Waals surface area contributed by atoms with E-state index in [0.717, 1.165) is 60.0 Å². The molecule has 1 heterocycles. The van der Waals surface area contributed by atoms with Crippen molar-refractivity contribution in [1.29, 1.82) is 0 Å². The van der Waals surface area contributed by atoms with E-state index in [1.54, 1.807) is 11.8 Å². The molecule has 1 fully saturated rings. The third-order valence-corrected chi connectivity index (χ3v) is 8.26. The van der Waals surface area contributed by atoms with Gasteiger partial charge in [0.25, 0.3) is 5.56 Å². The van der Waals surface area contributed by atoms with E-state index in [0.29, 0.717) is 0 Å². The van der Waals surface area contributed by atoms with Crippen LogP contribution in [0.4, 0.5) is 0 Å². The molecule has 2 aliphatic rings. The maximum atomic E-state index is 14.1. The van der Waals surface area contributed by atoms with E-state index in [2.05, 4.69) is 62.4 Å². The Labute approximate surface area is 195 Å². The third-order valence-electron chi connectivity index (χ3n) is 7.21. The molecule has 0 unspecified atom stereocenters. The lowest BCUT2D eigenvalue weighted by molar-refractivity contribution is 0.282. The van der Waals surface area contributed by atoms with Gasteiger partial charge < -0.3 is 0 Å². The summed E-state index contributed by atoms with van der Waals surface area (Å²) in [6.45, 7) is 4.98. The van der Waals surface area contributed by atoms with Gasteiger partial charge in [-0.1, -0.05) is 92.0 Å². The fraction of sp³-hybridized carbons (Fsp3) is 0.429. The molecule has 0 bridgehead atoms. The van der Waals surface area contributed by atoms with Crippen LogP contribution in [0.5, 0.6) is 0 Å². The van der Waals surface area contributed by atoms with E-state index in [1.807, 2.05) is 4.57 Å². The third kappa shape index (κ3) is 3.83. The molecule has 0 saturated heterocycles. The van der Waals surface area contributed by atoms with Crippen molar-refractivity contribution in [2.24, 2.45) is 0 Å². The second kappa shape index (κ2) is 8.90. The predicted octanol–water partition coefficient (Wildman–Crippen LogP) is 6.68. The monoisotopic (exact) mass is 444 g/mol. The van der Waals surface area contributed by atoms with E-state index in [1.165, 1.54) is 36.0 Å². The summed E-state index contributed by atoms with van der Waals surface area (Å²) in [5, 5.41) is 0.860. The quantitative estimate of drug-likeness (QED) is 0.325. The normalized spacial score (nSPS) is 16.6. The zero-order chi connectivity index (χ0) is 22.1. The Kier molecular flexibility index (Phi) is 5.98. The smallest absolute Gasteiger partial charge is 0.258 e. The summed E-state index contributed by atoms with van der Waals surface area (Å²) >= 11 is 1.69. The van der Waals surface area contributed by atoms with Gasteiger partial charge in [0, 0.05) is 23.3 Å². The summed E-state index contributed by atoms with van der Waals surface area (Å²) in [6, 6.07) is 17.3. The first-order valence-corrected chi connectivity index (χ1v) is 13.0. The van der Waals surface area contributed by atoms with Crippen molar-refractivity contribution in [3.63, 3.8) is 0 Å². The zero-order valence-corrected chi connectivity index (χ0v) is 20.0. The Bertz CT molecular complexity index is 1170. The van der Waals surface area contributed by atoms with Crippen molar-refractivity contribution in [3.8, 4) is 11.3 Å². The van der Waals surface area contributed by atoms with Gasteiger partial charge in [-0.2, -0.15) is 0 Å². The lowest BCUT2D eigenvalue weighted by Crippen LogP contribution is -2.43. The summed E-state index contributed by atoms with van der Waals surface area (Å²) in [7, 11) is 0. The molecule has 1 saturated carbocycles. The average molecular weight is 445 g/mol. The number of benzene rings is 2. The van der Waals surface area contributed by atoms with E-state index in [4.69, 9.17) is 4.98 Å². The molecule has 0 amide bonds. The number of hydrogen-bond donors (Lipinski definition) is 0. The van der Waals surface area contributed by atoms with Crippen LogP contribution in [0, 0.1) is 6.92 Å². The van der Waals surface area contributed by atoms with Crippen LogP contribution in [0.25, 0.3) is 11.3 Å². The van der Waals surface area contributed by atoms with Crippen molar-refractivity contribution in [2.75, 3.05) is 0 Å². The summed E-state index contributed by atoms with van der Waals surface area (Å²) < 4.78 is 1.97. The molecule has 5 rings (SSSR count). The summed E-state index contributed by atoms with van der Waals surface area (Å²) in [5.74, 6) is 0.821. The first-order chi connectivity index (χ1) is 15.6. The molecular weight excluding hydrogens is 412 g/mol. The number of nitrogens with zero attached hydrogens (tertiary/aromatic N) is 2. The standard InChI is InChI=1S/C28H32N2OS/c1-3-17-30-26(31)24-25(29-27(30)32-19-21-13-11-20(2)12-14-21)23-10-6-5-9-22(23)18-28(24)15-7-4-8-16-28/h5-6,9-14H,3-4,7-8,15-19H2,1-2H3. The number of thioether (sulfide) groups is 1. The van der Waals surface area contributed by atoms with Gasteiger partial charge in [0.1, 0.15) is 0 Å². The lowest BCUT2D eigenvalue weighted by atomic mass is 9.62. The van der Waals surface area contributed by atoms with Crippen LogP contribution in [0.15, 0.2) is 58.5 Å². The Morgan fingerprint density at radius 3 is 2.53 bits per heavy atom. The van der Waals surface area contributed by atoms with Crippen molar-refractivity contribution < 1.29 is 0 Å². The number of aryl methyl sites for hydroxylation is 1. The van der Waals surface area contributed by atoms with Gasteiger partial charge in [0.05, 0.1) is 11.3 Å². The predicted molar refractivity (Wildman–Crippen MR) is 133 cm³/mol. The van der Waals surface area contributed by atoms with Crippen molar-refractivity contribution in [3.05, 3.63) is 81.1 Å². The summed E-state index contributed by atoms with van der Waals surface area (Å²) in [6.07, 6.45) is 7.81. The second-order valence-corrected chi connectivity index (χ2v) is 10.5. The maximum Gasteiger partial charge on any atom is 0.258 e. The van der Waals surface area contributed by atoms with Gasteiger partial charge in [0.15, 0.2) is 5.16 Å². The SMILES string of the molecule is CCCn1c(SCc2ccc(C)cc2)nc2c(c1=O)C1(CCCCC1)Cc1ccccc1-2. The Balaban J connectivity index is 1.64. The minimum Gasteiger partial charge on any atom is -0.287 e. The molecule has 0 aliphatic heterocycles. The molecule has 1 aromatic heterocycles. The Morgan fingerprint density at radius 1 is 1.03 bits per heavy atom. The van der Waals surface area contributed by atoms with E-state index in [-0.39, 0.29) is 11.0 Å². The minimum atomic E-state index is -0.0400. The number of rotatable bonds is 5. The molecule has 4 heteroatoms. The largest absolute Gasteiger partial charge is 0.287 e. The van der Waals surface area contributed by atoms with Crippen LogP contribution in [0.3, 0.4) is 0 Å². The van der Waals surface area contributed by atoms with Crippen molar-refractivity contribution >= 4 is 11.8 Å². The Hall–Kier alpha value is -2.33. The number of fused-ring (bicyclic) bond motifs is 4. The molecule has 0 N–H and O–H groups in total. The molecule has 3 aromatic rings. The van der Waals surface area contributed by atoms with E-state index < -0.39 is 0 Å². The highest BCUT2D eigenvalue weighted by Gasteiger charge is 2.43. The van der Waals surface area contributed by atoms with Crippen molar-refractivity contribution in [1.82, 2.24) is 9.55 Å². The molecule has 1 spiro atoms. The van der Waals surface area contributed by atoms with Crippen LogP contribution in [0.2, 0.25) is 0 Å². The molecular formula is C28H32N2OS. The molecule has 3 nitrogen and oxygen atoms in total. The molecule has 2 aromatic carbocycles. The fourth-order valence-corrected chi connectivity index (χ4v) is 6.56. The van der Waals surface area contributed by atoms with Gasteiger partial charge in [-0.25, -0.2) is 4.98 Å². The highest BCUT2D eigenvalue weighted by Crippen LogP contribution is 2.48. The average Bonchev–Trinajstić information content (AvgIpc) is 2.81. The number of hydrogen-bond acceptors (Lipinski definition) is 3. The van der Waals surface area contributed by atoms with Gasteiger partial charge in [-0.3, -0.25) is 9.36 Å². The molecule has 2 aliphatic carbocycles. The topological polar surface area (TPSA) is 34.9 Å². The van der Waals surface area contributed by atoms with Crippen LogP contribution in [0.1, 0.15) is 67.7 Å². The minimum absolute atomic E-state index is 0.0400. The van der Waals surface area contributed by atoms with Gasteiger partial charge in [-0.15, -0.1) is 0 Å². The summed E-state index contributed by atoms with van der Waals surface area (Å²) in [5.41, 5.74) is 7.18. The summed E-state index contributed by atoms with van der Waals surface area (Å²) in [4.78, 5) is 19.3. The first-order valence-electron chi connectivity index (χ1n) is 12.0. The van der Waals surface area contributed by atoms with Crippen LogP contribution in [-0.2, 0) is 24.1 Å². The zero-order valence-electron chi connectivity index (χ0n) is 19.2. The van der Waals surface area contributed by atoms with Crippen LogP contribution < -0.4 is 5.56 Å². The van der Waals surface area contributed by atoms with Crippen LogP contribution >= 0.6 is 11.8 Å². The van der Waals surface area contributed by atoms with Gasteiger partial charge >= 0.3 is 0 Å². The van der Waals surface area contributed by atoms with Gasteiger partial charge in [-0.05, 0) is 43.7 Å². The highest BCUT2D eigenvalue weighted by atomic mass is 32.2. The Morgan fingerprint density at radius 2 is 1.78 bits per heavy atom. The van der Waals surface area contributed by atoms with Crippen molar-refractivity contribution in [2.45, 2.75) is 81.7 Å². The van der Waals surface area contributed by atoms with Gasteiger partial charge in [0.2, 0.25) is 0 Å². The lowest BCUT2D eigenvalue weighted by Gasteiger charge is -2.42. The first kappa shape index (κ1) is 21.5. The molecule has 166 valence electrons. The molecule has 0 radical (unpaired) electrons. The number of aromatic nitrogens is 2. The second-order valence-electron chi connectivity index (χ2n) is 9.52. The van der Waals surface area contributed by atoms with E-state index >= 15 is 0 Å². The molecule has 0 atom stereocenters. The fourth-order valence-electron chi connectivity index (χ4n) is 5.58.